The van der Waals surface area contributed by atoms with Gasteiger partial charge in [0.2, 0.25) is 0 Å². The second-order valence-corrected chi connectivity index (χ2v) is 28.5. The number of carbonyl (C=O) groups is 2. The molecule has 88 heavy (non-hydrogen) atoms. The van der Waals surface area contributed by atoms with Gasteiger partial charge in [-0.15, -0.1) is 6.58 Å². The van der Waals surface area contributed by atoms with Crippen LogP contribution in [-0.2, 0) is 76.3 Å². The van der Waals surface area contributed by atoms with E-state index >= 15 is 0 Å². The molecule has 0 radical (unpaired) electrons. The first-order valence-electron chi connectivity index (χ1n) is 30.4. The van der Waals surface area contributed by atoms with Crippen LogP contribution in [0.2, 0.25) is 0 Å². The molecule has 30 heteroatoms. The van der Waals surface area contributed by atoms with Crippen molar-refractivity contribution in [1.29, 1.82) is 0 Å². The van der Waals surface area contributed by atoms with Gasteiger partial charge in [-0.25, -0.2) is 4.18 Å². The zero-order valence-electron chi connectivity index (χ0n) is 50.3. The summed E-state index contributed by atoms with van der Waals surface area (Å²) in [5.74, 6) is -1.000. The molecule has 6 saturated heterocycles. The van der Waals surface area contributed by atoms with E-state index in [9.17, 15) is 83.8 Å². The maximum Gasteiger partial charge on any atom is 0.397 e. The van der Waals surface area contributed by atoms with Crippen molar-refractivity contribution < 1.29 is 140 Å². The lowest BCUT2D eigenvalue weighted by Gasteiger charge is -2.63. The summed E-state index contributed by atoms with van der Waals surface area (Å²) in [5, 5.41) is 131. The van der Waals surface area contributed by atoms with E-state index in [0.29, 0.717) is 38.5 Å². The maximum atomic E-state index is 14.5. The van der Waals surface area contributed by atoms with Crippen LogP contribution < -0.4 is 0 Å². The van der Waals surface area contributed by atoms with Gasteiger partial charge in [-0.2, -0.15) is 8.42 Å². The second-order valence-electron chi connectivity index (χ2n) is 27.4. The Morgan fingerprint density at radius 2 is 1.27 bits per heavy atom. The number of aliphatic hydroxyl groups excluding tert-OH is 12. The lowest BCUT2D eigenvalue weighted by atomic mass is 9.41. The molecule has 6 heterocycles. The zero-order valence-corrected chi connectivity index (χ0v) is 51.1. The molecular weight excluding hydrogens is 1190 g/mol. The van der Waals surface area contributed by atoms with Crippen LogP contribution in [0.1, 0.15) is 106 Å². The van der Waals surface area contributed by atoms with E-state index in [2.05, 4.69) is 26.5 Å². The van der Waals surface area contributed by atoms with Crippen molar-refractivity contribution >= 4 is 22.2 Å². The highest BCUT2D eigenvalue weighted by Gasteiger charge is 2.79. The summed E-state index contributed by atoms with van der Waals surface area (Å²) in [7, 11) is -5.28. The van der Waals surface area contributed by atoms with E-state index in [0.717, 1.165) is 24.0 Å². The number of allylic oxidation sites excluding steroid dienone is 3. The zero-order chi connectivity index (χ0) is 64.3. The highest BCUT2D eigenvalue weighted by molar-refractivity contribution is 7.80. The normalized spacial score (nSPS) is 51.1. The Morgan fingerprint density at radius 1 is 0.670 bits per heavy atom. The lowest BCUT2D eigenvalue weighted by Crippen LogP contribution is -2.68. The van der Waals surface area contributed by atoms with Gasteiger partial charge in [0.15, 0.2) is 31.5 Å². The molecule has 4 unspecified atom stereocenters. The molecule has 10 rings (SSSR count). The van der Waals surface area contributed by atoms with Gasteiger partial charge in [-0.1, -0.05) is 44.9 Å². The Bertz CT molecular complexity index is 2680. The Morgan fingerprint density at radius 3 is 1.93 bits per heavy atom. The van der Waals surface area contributed by atoms with Crippen LogP contribution in [0, 0.1) is 39.4 Å². The number of esters is 1. The summed E-state index contributed by atoms with van der Waals surface area (Å²) in [6.45, 7) is 14.5. The van der Waals surface area contributed by atoms with E-state index < -0.39 is 212 Å². The van der Waals surface area contributed by atoms with E-state index in [-0.39, 0.29) is 35.4 Å². The monoisotopic (exact) mass is 1280 g/mol. The van der Waals surface area contributed by atoms with Crippen LogP contribution in [-0.4, -0.2) is 265 Å². The minimum absolute atomic E-state index is 0.0292. The lowest BCUT2D eigenvalue weighted by molar-refractivity contribution is -0.403. The van der Waals surface area contributed by atoms with Crippen LogP contribution in [0.5, 0.6) is 0 Å². The van der Waals surface area contributed by atoms with Gasteiger partial charge in [0.25, 0.3) is 0 Å². The maximum absolute atomic E-state index is 14.5. The summed E-state index contributed by atoms with van der Waals surface area (Å²) in [6.07, 6.45) is -36.1. The predicted molar refractivity (Wildman–Crippen MR) is 293 cm³/mol. The Hall–Kier alpha value is -2.39. The van der Waals surface area contributed by atoms with Crippen molar-refractivity contribution in [2.24, 2.45) is 39.4 Å². The predicted octanol–water partition coefficient (Wildman–Crippen LogP) is -2.57. The van der Waals surface area contributed by atoms with Gasteiger partial charge >= 0.3 is 16.4 Å². The highest BCUT2D eigenvalue weighted by Crippen LogP contribution is 2.75. The number of hydrogen-bond donors (Lipinski definition) is 13. The molecule has 0 bridgehead atoms. The van der Waals surface area contributed by atoms with Crippen molar-refractivity contribution in [3.05, 3.63) is 23.8 Å². The summed E-state index contributed by atoms with van der Waals surface area (Å²) in [5.41, 5.74) is -1.76. The molecule has 502 valence electrons. The first kappa shape index (κ1) is 68.5. The number of carbonyl (C=O) groups excluding carboxylic acids is 2. The fourth-order valence-corrected chi connectivity index (χ4v) is 17.5. The van der Waals surface area contributed by atoms with Crippen LogP contribution in [0.3, 0.4) is 0 Å². The van der Waals surface area contributed by atoms with E-state index in [1.807, 2.05) is 27.7 Å². The Labute approximate surface area is 509 Å². The fourth-order valence-electron chi connectivity index (χ4n) is 17.0. The third-order valence-corrected chi connectivity index (χ3v) is 22.1. The molecule has 10 aliphatic rings. The number of Topliss-reactive ketones (excluding diaryl/α,β-unsaturated/α-hetero) is 1. The summed E-state index contributed by atoms with van der Waals surface area (Å²) in [4.78, 5) is 28.9. The topological polar surface area (TPSA) is 442 Å². The number of ether oxygens (including phenoxy) is 11. The molecule has 0 aromatic heterocycles. The molecular formula is C58H90O29S. The number of cyclic esters (lactones) is 1. The third-order valence-electron chi connectivity index (χ3n) is 21.6. The largest absolute Gasteiger partial charge is 0.458 e. The van der Waals surface area contributed by atoms with E-state index in [1.165, 1.54) is 6.92 Å². The van der Waals surface area contributed by atoms with Gasteiger partial charge in [0, 0.05) is 11.8 Å². The number of rotatable bonds is 18. The van der Waals surface area contributed by atoms with Gasteiger partial charge in [-0.3, -0.25) is 14.1 Å². The average Bonchev–Trinajstić information content (AvgIpc) is 1.46. The fraction of sp³-hybridized carbons (Fsp3) is 0.897. The average molecular weight is 1280 g/mol. The second kappa shape index (κ2) is 25.4. The van der Waals surface area contributed by atoms with Crippen LogP contribution in [0.25, 0.3) is 0 Å². The number of hydrogen-bond acceptors (Lipinski definition) is 28. The molecule has 9 fully saturated rings. The third kappa shape index (κ3) is 11.8. The summed E-state index contributed by atoms with van der Waals surface area (Å²) >= 11 is 0. The smallest absolute Gasteiger partial charge is 0.397 e. The molecule has 6 aliphatic heterocycles. The van der Waals surface area contributed by atoms with Gasteiger partial charge in [0.05, 0.1) is 50.0 Å². The highest BCUT2D eigenvalue weighted by atomic mass is 32.3. The van der Waals surface area contributed by atoms with Gasteiger partial charge in [0.1, 0.15) is 115 Å². The number of fused-ring (bicyclic) bond motifs is 4. The first-order valence-corrected chi connectivity index (χ1v) is 31.8. The van der Waals surface area contributed by atoms with Crippen molar-refractivity contribution in [2.45, 2.75) is 259 Å². The molecule has 13 N–H and O–H groups in total. The van der Waals surface area contributed by atoms with Crippen molar-refractivity contribution in [1.82, 2.24) is 0 Å². The first-order chi connectivity index (χ1) is 41.2. The molecule has 4 aliphatic carbocycles. The van der Waals surface area contributed by atoms with Crippen molar-refractivity contribution in [3.63, 3.8) is 0 Å². The minimum Gasteiger partial charge on any atom is -0.458 e. The van der Waals surface area contributed by atoms with Gasteiger partial charge in [-0.05, 0) is 94.8 Å². The molecule has 0 aromatic carbocycles. The van der Waals surface area contributed by atoms with Crippen LogP contribution in [0.4, 0.5) is 0 Å². The van der Waals surface area contributed by atoms with E-state index in [1.54, 1.807) is 0 Å². The summed E-state index contributed by atoms with van der Waals surface area (Å²) in [6, 6.07) is 0. The molecule has 1 spiro atoms. The standard InChI is InChI=1S/C58H90O29S/c1-23(2)10-9-15-57(8)47-27(61)18-56(7)26-11-12-32-54(4,5)33(14-16-55(32,6)25(26)13-17-58(47,56)53(72)86-57)81-51-45(37(66)31(22-77-51)87-88(73,74)75)85-52-46(84-48-39(68)34(63)28(62)21-76-48)41(70)43(24(3)78-52)82-50-42(71)44(36(65)30(20-60)80-50)83-49-40(69)38(67)35(64)29(19-59)79-49/h11,24-25,28-52,59-60,62-71H,1,9-10,12-22H2,2-8H3,(H,73,74,75)/t24-,25?,28-,29-,30-,31-,32?,33+,34+,35-,36-,37+,38+,39-,40-,41+,42-,43-,44+,45-,46-,47?,48+,49+,50+,51+,52+,55-,56+,57+,58?/m1/s1. The van der Waals surface area contributed by atoms with E-state index in [4.69, 9.17) is 56.3 Å². The van der Waals surface area contributed by atoms with Gasteiger partial charge < -0.3 is 113 Å². The number of aliphatic hydroxyl groups is 12. The Kier molecular flexibility index (Phi) is 19.8. The summed E-state index contributed by atoms with van der Waals surface area (Å²) < 4.78 is 106. The SMILES string of the molecule is C=C(C)CCC[C@]1(C)OC(=O)C23CCC4C(=CCC5C(C)(C)[C@@H](O[C@@H]6OC[C@@H](OS(=O)(=O)O)[C@H](O)[C@H]6O[C@@H]6O[C@H](C)[C@@H](O[C@@H]7O[C@H](CO)[C@@H](O)[C@H](O[C@@H]8O[C@H](CO)[C@@H](O)[C@H](O)[C@H]8O)[C@H]7O)[C@H](O)[C@H]6O[C@@H]6OC[C@@H](O)[C@H](O)[C@H]6O)CC[C@]45C)[C@]2(C)CC(=O)C31. The molecule has 31 atom stereocenters. The van der Waals surface area contributed by atoms with Crippen LogP contribution >= 0.6 is 0 Å². The molecule has 29 nitrogen and oxygen atoms in total. The molecule has 0 amide bonds. The molecule has 0 aromatic rings. The van der Waals surface area contributed by atoms with Crippen molar-refractivity contribution in [3.8, 4) is 0 Å². The minimum atomic E-state index is -5.28. The van der Waals surface area contributed by atoms with Crippen molar-refractivity contribution in [2.75, 3.05) is 26.4 Å². The number of ketones is 1. The Balaban J connectivity index is 0.908. The quantitative estimate of drug-likeness (QED) is 0.0381. The molecule has 3 saturated carbocycles. The van der Waals surface area contributed by atoms with Crippen LogP contribution in [0.15, 0.2) is 23.8 Å².